The number of hydrogen-bond acceptors (Lipinski definition) is 4. The van der Waals surface area contributed by atoms with Crippen LogP contribution in [0.25, 0.3) is 0 Å². The van der Waals surface area contributed by atoms with E-state index in [9.17, 15) is 8.42 Å². The second-order valence-corrected chi connectivity index (χ2v) is 4.11. The molecule has 1 rings (SSSR count). The van der Waals surface area contributed by atoms with Gasteiger partial charge in [0.1, 0.15) is 6.10 Å². The normalized spacial score (nSPS) is 20.5. The molecule has 0 saturated carbocycles. The lowest BCUT2D eigenvalue weighted by atomic mass is 10.2. The topological polar surface area (TPSA) is 55.4 Å². The molecule has 0 spiro atoms. The molecule has 0 aromatic carbocycles. The first kappa shape index (κ1) is 7.97. The lowest BCUT2D eigenvalue weighted by Crippen LogP contribution is -2.49. The largest absolute Gasteiger partial charge is 0.311 e. The molecule has 1 heterocycles. The Balaban J connectivity index is 2.36. The summed E-state index contributed by atoms with van der Waals surface area (Å²) < 4.78 is 26.2. The fraction of sp³-hybridized carbons (Fsp3) is 1.00. The van der Waals surface area contributed by atoms with Gasteiger partial charge in [-0.3, -0.25) is 4.18 Å². The van der Waals surface area contributed by atoms with Crippen molar-refractivity contribution in [3.05, 3.63) is 0 Å². The summed E-state index contributed by atoms with van der Waals surface area (Å²) in [7, 11) is -3.22. The Morgan fingerprint density at radius 2 is 2.20 bits per heavy atom. The first-order valence-corrected chi connectivity index (χ1v) is 4.83. The molecule has 10 heavy (non-hydrogen) atoms. The van der Waals surface area contributed by atoms with E-state index in [1.165, 1.54) is 0 Å². The van der Waals surface area contributed by atoms with Crippen molar-refractivity contribution in [3.63, 3.8) is 0 Å². The van der Waals surface area contributed by atoms with Gasteiger partial charge in [0.2, 0.25) is 0 Å². The first-order chi connectivity index (χ1) is 4.64. The van der Waals surface area contributed by atoms with Gasteiger partial charge in [-0.15, -0.1) is 0 Å². The fourth-order valence-corrected chi connectivity index (χ4v) is 1.29. The molecule has 0 unspecified atom stereocenters. The van der Waals surface area contributed by atoms with E-state index in [2.05, 4.69) is 5.32 Å². The van der Waals surface area contributed by atoms with Crippen LogP contribution in [-0.4, -0.2) is 33.4 Å². The standard InChI is InChI=1S/C5H11NO3S/c1-2-10(7,8)9-5-3-6-4-5/h5-6H,2-4H2,1H3. The third-order valence-corrected chi connectivity index (χ3v) is 2.65. The highest BCUT2D eigenvalue weighted by Crippen LogP contribution is 2.03. The summed E-state index contributed by atoms with van der Waals surface area (Å²) in [5, 5.41) is 2.92. The highest BCUT2D eigenvalue weighted by atomic mass is 32.2. The summed E-state index contributed by atoms with van der Waals surface area (Å²) in [6, 6.07) is 0. The molecule has 0 atom stereocenters. The first-order valence-electron chi connectivity index (χ1n) is 3.26. The molecule has 5 heteroatoms. The molecule has 0 amide bonds. The van der Waals surface area contributed by atoms with Crippen LogP contribution in [0.15, 0.2) is 0 Å². The van der Waals surface area contributed by atoms with Crippen molar-refractivity contribution in [2.75, 3.05) is 18.8 Å². The quantitative estimate of drug-likeness (QED) is 0.563. The molecule has 1 saturated heterocycles. The maximum atomic E-state index is 10.8. The average molecular weight is 165 g/mol. The molecular weight excluding hydrogens is 154 g/mol. The fourth-order valence-electron chi connectivity index (χ4n) is 0.606. The van der Waals surface area contributed by atoms with Crippen LogP contribution in [0.3, 0.4) is 0 Å². The second-order valence-electron chi connectivity index (χ2n) is 2.22. The monoisotopic (exact) mass is 165 g/mol. The number of hydrogen-bond donors (Lipinski definition) is 1. The number of nitrogens with one attached hydrogen (secondary N) is 1. The van der Waals surface area contributed by atoms with Gasteiger partial charge in [0, 0.05) is 13.1 Å². The van der Waals surface area contributed by atoms with E-state index in [-0.39, 0.29) is 11.9 Å². The molecule has 0 aliphatic carbocycles. The van der Waals surface area contributed by atoms with Crippen LogP contribution in [0.2, 0.25) is 0 Å². The van der Waals surface area contributed by atoms with E-state index in [1.54, 1.807) is 6.92 Å². The summed E-state index contributed by atoms with van der Waals surface area (Å²) in [4.78, 5) is 0. The maximum absolute atomic E-state index is 10.8. The van der Waals surface area contributed by atoms with Crippen LogP contribution in [0.1, 0.15) is 6.92 Å². The second kappa shape index (κ2) is 2.86. The van der Waals surface area contributed by atoms with Crippen molar-refractivity contribution in [2.24, 2.45) is 0 Å². The molecular formula is C5H11NO3S. The van der Waals surface area contributed by atoms with Crippen LogP contribution < -0.4 is 5.32 Å². The van der Waals surface area contributed by atoms with Gasteiger partial charge in [0.15, 0.2) is 0 Å². The molecule has 0 aromatic heterocycles. The Morgan fingerprint density at radius 3 is 2.50 bits per heavy atom. The minimum atomic E-state index is -3.22. The van der Waals surface area contributed by atoms with Crippen LogP contribution in [0.5, 0.6) is 0 Å². The highest BCUT2D eigenvalue weighted by molar-refractivity contribution is 7.86. The molecule has 1 aliphatic heterocycles. The number of rotatable bonds is 3. The molecule has 0 bridgehead atoms. The Hall–Kier alpha value is -0.130. The van der Waals surface area contributed by atoms with Gasteiger partial charge in [-0.1, -0.05) is 0 Å². The Labute approximate surface area is 60.7 Å². The van der Waals surface area contributed by atoms with Crippen molar-refractivity contribution in [3.8, 4) is 0 Å². The molecule has 4 nitrogen and oxygen atoms in total. The molecule has 1 aliphatic rings. The van der Waals surface area contributed by atoms with Gasteiger partial charge in [-0.2, -0.15) is 8.42 Å². The lowest BCUT2D eigenvalue weighted by Gasteiger charge is -2.25. The lowest BCUT2D eigenvalue weighted by molar-refractivity contribution is 0.150. The molecule has 1 fully saturated rings. The van der Waals surface area contributed by atoms with Crippen LogP contribution in [0.4, 0.5) is 0 Å². The van der Waals surface area contributed by atoms with E-state index >= 15 is 0 Å². The van der Waals surface area contributed by atoms with Crippen LogP contribution in [-0.2, 0) is 14.3 Å². The van der Waals surface area contributed by atoms with Crippen molar-refractivity contribution >= 4 is 10.1 Å². The van der Waals surface area contributed by atoms with Crippen molar-refractivity contribution in [1.29, 1.82) is 0 Å². The summed E-state index contributed by atoms with van der Waals surface area (Å²) >= 11 is 0. The zero-order chi connectivity index (χ0) is 7.61. The van der Waals surface area contributed by atoms with E-state index < -0.39 is 10.1 Å². The Morgan fingerprint density at radius 1 is 1.60 bits per heavy atom. The van der Waals surface area contributed by atoms with Gasteiger partial charge < -0.3 is 5.32 Å². The molecule has 0 aromatic rings. The minimum absolute atomic E-state index is 0.0590. The molecule has 0 radical (unpaired) electrons. The van der Waals surface area contributed by atoms with Gasteiger partial charge in [0.25, 0.3) is 10.1 Å². The maximum Gasteiger partial charge on any atom is 0.267 e. The van der Waals surface area contributed by atoms with Crippen molar-refractivity contribution in [2.45, 2.75) is 13.0 Å². The summed E-state index contributed by atoms with van der Waals surface area (Å²) in [6.07, 6.45) is -0.120. The van der Waals surface area contributed by atoms with E-state index in [1.807, 2.05) is 0 Å². The smallest absolute Gasteiger partial charge is 0.267 e. The predicted molar refractivity (Wildman–Crippen MR) is 37.2 cm³/mol. The van der Waals surface area contributed by atoms with Gasteiger partial charge in [-0.05, 0) is 6.92 Å². The Bertz CT molecular complexity index is 195. The van der Waals surface area contributed by atoms with E-state index in [0.717, 1.165) is 0 Å². The molecule has 60 valence electrons. The van der Waals surface area contributed by atoms with Crippen LogP contribution in [0, 0.1) is 0 Å². The minimum Gasteiger partial charge on any atom is -0.311 e. The molecule has 1 N–H and O–H groups in total. The third-order valence-electron chi connectivity index (χ3n) is 1.38. The van der Waals surface area contributed by atoms with E-state index in [0.29, 0.717) is 13.1 Å². The zero-order valence-corrected chi connectivity index (χ0v) is 6.65. The van der Waals surface area contributed by atoms with Crippen molar-refractivity contribution < 1.29 is 12.6 Å². The predicted octanol–water partition coefficient (Wildman–Crippen LogP) is -0.675. The summed E-state index contributed by atoms with van der Waals surface area (Å²) in [5.41, 5.74) is 0. The summed E-state index contributed by atoms with van der Waals surface area (Å²) in [6.45, 7) is 2.87. The van der Waals surface area contributed by atoms with Gasteiger partial charge >= 0.3 is 0 Å². The van der Waals surface area contributed by atoms with Crippen molar-refractivity contribution in [1.82, 2.24) is 5.32 Å². The zero-order valence-electron chi connectivity index (χ0n) is 5.83. The van der Waals surface area contributed by atoms with E-state index in [4.69, 9.17) is 4.18 Å². The average Bonchev–Trinajstić information content (AvgIpc) is 1.80. The Kier molecular flexibility index (Phi) is 2.28. The SMILES string of the molecule is CCS(=O)(=O)OC1CNC1. The summed E-state index contributed by atoms with van der Waals surface area (Å²) in [5.74, 6) is 0.0590. The third kappa shape index (κ3) is 1.93. The van der Waals surface area contributed by atoms with Crippen LogP contribution >= 0.6 is 0 Å². The highest BCUT2D eigenvalue weighted by Gasteiger charge is 2.23. The van der Waals surface area contributed by atoms with Gasteiger partial charge in [0.05, 0.1) is 5.75 Å². The van der Waals surface area contributed by atoms with Gasteiger partial charge in [-0.25, -0.2) is 0 Å².